The Morgan fingerprint density at radius 1 is 1.24 bits per heavy atom. The molecule has 0 saturated carbocycles. The summed E-state index contributed by atoms with van der Waals surface area (Å²) in [5.74, 6) is 0.945. The molecule has 0 spiro atoms. The van der Waals surface area contributed by atoms with E-state index in [4.69, 9.17) is 4.74 Å². The Kier molecular flexibility index (Phi) is 4.41. The van der Waals surface area contributed by atoms with Crippen molar-refractivity contribution in [3.63, 3.8) is 0 Å². The van der Waals surface area contributed by atoms with E-state index in [1.54, 1.807) is 0 Å². The number of rotatable bonds is 4. The minimum Gasteiger partial charge on any atom is -0.494 e. The predicted octanol–water partition coefficient (Wildman–Crippen LogP) is 0.815. The van der Waals surface area contributed by atoms with Crippen LogP contribution in [0.1, 0.15) is 17.3 Å². The van der Waals surface area contributed by atoms with Crippen molar-refractivity contribution in [3.8, 4) is 5.75 Å². The fourth-order valence-corrected chi connectivity index (χ4v) is 2.94. The van der Waals surface area contributed by atoms with E-state index in [-0.39, 0.29) is 5.91 Å². The van der Waals surface area contributed by atoms with Crippen LogP contribution in [0.2, 0.25) is 0 Å². The topological polar surface area (TPSA) is 44.8 Å². The van der Waals surface area contributed by atoms with Gasteiger partial charge in [-0.25, -0.2) is 0 Å². The Morgan fingerprint density at radius 3 is 2.52 bits per heavy atom. The number of carbonyl (C=O) groups excluding carboxylic acids is 1. The highest BCUT2D eigenvalue weighted by molar-refractivity contribution is 5.94. The Morgan fingerprint density at radius 2 is 1.90 bits per heavy atom. The lowest BCUT2D eigenvalue weighted by molar-refractivity contribution is 0.0227. The fourth-order valence-electron chi connectivity index (χ4n) is 2.94. The molecule has 2 aliphatic heterocycles. The van der Waals surface area contributed by atoms with Crippen LogP contribution in [0.3, 0.4) is 0 Å². The Balaban J connectivity index is 1.52. The summed E-state index contributed by atoms with van der Waals surface area (Å²) >= 11 is 0. The van der Waals surface area contributed by atoms with Crippen LogP contribution in [-0.2, 0) is 0 Å². The molecule has 2 heterocycles. The molecule has 1 aromatic rings. The van der Waals surface area contributed by atoms with Gasteiger partial charge in [0.1, 0.15) is 5.75 Å². The van der Waals surface area contributed by atoms with Gasteiger partial charge in [-0.05, 0) is 31.2 Å². The number of nitrogens with one attached hydrogen (secondary N) is 1. The van der Waals surface area contributed by atoms with Gasteiger partial charge in [0.15, 0.2) is 0 Å². The molecule has 3 rings (SSSR count). The van der Waals surface area contributed by atoms with Crippen LogP contribution in [0.5, 0.6) is 5.75 Å². The van der Waals surface area contributed by atoms with Crippen LogP contribution in [-0.4, -0.2) is 67.6 Å². The zero-order valence-electron chi connectivity index (χ0n) is 12.5. The van der Waals surface area contributed by atoms with E-state index < -0.39 is 0 Å². The largest absolute Gasteiger partial charge is 0.494 e. The lowest BCUT2D eigenvalue weighted by atomic mass is 10.0. The van der Waals surface area contributed by atoms with Gasteiger partial charge < -0.3 is 15.0 Å². The summed E-state index contributed by atoms with van der Waals surface area (Å²) < 4.78 is 5.40. The number of nitrogens with zero attached hydrogens (tertiary/aromatic N) is 2. The first kappa shape index (κ1) is 14.4. The lowest BCUT2D eigenvalue weighted by Gasteiger charge is -2.46. The van der Waals surface area contributed by atoms with Crippen LogP contribution >= 0.6 is 0 Å². The molecule has 0 aliphatic carbocycles. The van der Waals surface area contributed by atoms with Gasteiger partial charge in [0.05, 0.1) is 6.61 Å². The molecular weight excluding hydrogens is 266 g/mol. The third-order valence-corrected chi connectivity index (χ3v) is 4.23. The normalized spacial score (nSPS) is 20.1. The van der Waals surface area contributed by atoms with Crippen molar-refractivity contribution < 1.29 is 9.53 Å². The van der Waals surface area contributed by atoms with E-state index in [0.29, 0.717) is 12.6 Å². The smallest absolute Gasteiger partial charge is 0.253 e. The predicted molar refractivity (Wildman–Crippen MR) is 81.7 cm³/mol. The summed E-state index contributed by atoms with van der Waals surface area (Å²) in [5.41, 5.74) is 0.747. The maximum Gasteiger partial charge on any atom is 0.253 e. The number of likely N-dealkylation sites (tertiary alicyclic amines) is 1. The maximum absolute atomic E-state index is 12.4. The fraction of sp³-hybridized carbons (Fsp3) is 0.562. The van der Waals surface area contributed by atoms with Gasteiger partial charge in [0, 0.05) is 50.9 Å². The average molecular weight is 289 g/mol. The number of carbonyl (C=O) groups is 1. The summed E-state index contributed by atoms with van der Waals surface area (Å²) in [6.45, 7) is 8.61. The third kappa shape index (κ3) is 3.19. The second kappa shape index (κ2) is 6.45. The summed E-state index contributed by atoms with van der Waals surface area (Å²) in [5, 5.41) is 3.36. The Bertz CT molecular complexity index is 477. The molecular formula is C16H23N3O2. The van der Waals surface area contributed by atoms with E-state index in [2.05, 4.69) is 10.2 Å². The second-order valence-electron chi connectivity index (χ2n) is 5.61. The van der Waals surface area contributed by atoms with Gasteiger partial charge in [-0.15, -0.1) is 0 Å². The van der Waals surface area contributed by atoms with Crippen LogP contribution < -0.4 is 10.1 Å². The van der Waals surface area contributed by atoms with E-state index in [9.17, 15) is 4.79 Å². The highest BCUT2D eigenvalue weighted by atomic mass is 16.5. The van der Waals surface area contributed by atoms with Crippen molar-refractivity contribution in [2.75, 3.05) is 45.9 Å². The van der Waals surface area contributed by atoms with Crippen molar-refractivity contribution >= 4 is 5.91 Å². The van der Waals surface area contributed by atoms with E-state index in [0.717, 1.165) is 50.6 Å². The molecule has 0 aromatic heterocycles. The van der Waals surface area contributed by atoms with E-state index >= 15 is 0 Å². The van der Waals surface area contributed by atoms with Crippen molar-refractivity contribution in [2.45, 2.75) is 13.0 Å². The van der Waals surface area contributed by atoms with Gasteiger partial charge in [0.2, 0.25) is 0 Å². The molecule has 1 amide bonds. The highest BCUT2D eigenvalue weighted by Gasteiger charge is 2.35. The molecule has 5 nitrogen and oxygen atoms in total. The van der Waals surface area contributed by atoms with Crippen LogP contribution in [0.15, 0.2) is 24.3 Å². The summed E-state index contributed by atoms with van der Waals surface area (Å²) in [6, 6.07) is 7.98. The maximum atomic E-state index is 12.4. The zero-order valence-corrected chi connectivity index (χ0v) is 12.5. The molecule has 1 N–H and O–H groups in total. The minimum atomic E-state index is 0.129. The molecule has 21 heavy (non-hydrogen) atoms. The van der Waals surface area contributed by atoms with Gasteiger partial charge in [-0.2, -0.15) is 0 Å². The molecule has 0 bridgehead atoms. The molecule has 0 unspecified atom stereocenters. The van der Waals surface area contributed by atoms with Gasteiger partial charge >= 0.3 is 0 Å². The zero-order chi connectivity index (χ0) is 14.7. The first-order valence-electron chi connectivity index (χ1n) is 7.75. The average Bonchev–Trinajstić information content (AvgIpc) is 2.48. The summed E-state index contributed by atoms with van der Waals surface area (Å²) in [4.78, 5) is 16.8. The first-order chi connectivity index (χ1) is 10.3. The molecule has 2 saturated heterocycles. The van der Waals surface area contributed by atoms with E-state index in [1.165, 1.54) is 0 Å². The molecule has 2 fully saturated rings. The molecule has 0 atom stereocenters. The number of amides is 1. The van der Waals surface area contributed by atoms with E-state index in [1.807, 2.05) is 36.1 Å². The third-order valence-electron chi connectivity index (χ3n) is 4.23. The monoisotopic (exact) mass is 289 g/mol. The number of benzene rings is 1. The number of piperazine rings is 1. The quantitative estimate of drug-likeness (QED) is 0.891. The molecule has 0 radical (unpaired) electrons. The van der Waals surface area contributed by atoms with Gasteiger partial charge in [0.25, 0.3) is 5.91 Å². The molecule has 114 valence electrons. The summed E-state index contributed by atoms with van der Waals surface area (Å²) in [7, 11) is 0. The molecule has 1 aromatic carbocycles. The minimum absolute atomic E-state index is 0.129. The number of hydrogen-bond acceptors (Lipinski definition) is 4. The molecule has 5 heteroatoms. The Labute approximate surface area is 125 Å². The molecule has 2 aliphatic rings. The van der Waals surface area contributed by atoms with Crippen LogP contribution in [0.25, 0.3) is 0 Å². The Hall–Kier alpha value is -1.59. The SMILES string of the molecule is CCOc1ccc(C(=O)N2CC(N3CCNCC3)C2)cc1. The first-order valence-corrected chi connectivity index (χ1v) is 7.75. The van der Waals surface area contributed by atoms with Crippen molar-refractivity contribution in [3.05, 3.63) is 29.8 Å². The standard InChI is InChI=1S/C16H23N3O2/c1-2-21-15-5-3-13(4-6-15)16(20)19-11-14(12-19)18-9-7-17-8-10-18/h3-6,14,17H,2,7-12H2,1H3. The summed E-state index contributed by atoms with van der Waals surface area (Å²) in [6.07, 6.45) is 0. The van der Waals surface area contributed by atoms with Crippen LogP contribution in [0.4, 0.5) is 0 Å². The van der Waals surface area contributed by atoms with Gasteiger partial charge in [-0.1, -0.05) is 0 Å². The lowest BCUT2D eigenvalue weighted by Crippen LogP contribution is -2.63. The van der Waals surface area contributed by atoms with Crippen molar-refractivity contribution in [1.82, 2.24) is 15.1 Å². The van der Waals surface area contributed by atoms with Crippen molar-refractivity contribution in [2.24, 2.45) is 0 Å². The number of ether oxygens (including phenoxy) is 1. The number of hydrogen-bond donors (Lipinski definition) is 1. The second-order valence-corrected chi connectivity index (χ2v) is 5.61. The van der Waals surface area contributed by atoms with Crippen molar-refractivity contribution in [1.29, 1.82) is 0 Å². The van der Waals surface area contributed by atoms with Crippen LogP contribution in [0, 0.1) is 0 Å². The highest BCUT2D eigenvalue weighted by Crippen LogP contribution is 2.20. The van der Waals surface area contributed by atoms with Gasteiger partial charge in [-0.3, -0.25) is 9.69 Å².